The van der Waals surface area contributed by atoms with Crippen LogP contribution in [0.25, 0.3) is 21.7 Å². The Hall–Kier alpha value is -3.91. The number of nitrogens with one attached hydrogen (secondary N) is 2. The van der Waals surface area contributed by atoms with Crippen LogP contribution in [0.4, 0.5) is 11.5 Å². The number of ether oxygens (including phenoxy) is 3. The van der Waals surface area contributed by atoms with E-state index in [1.165, 1.54) is 6.33 Å². The number of carbonyl (C=O) groups excluding carboxylic acids is 1. The van der Waals surface area contributed by atoms with Gasteiger partial charge in [0.2, 0.25) is 0 Å². The van der Waals surface area contributed by atoms with E-state index in [0.29, 0.717) is 36.0 Å². The van der Waals surface area contributed by atoms with Crippen molar-refractivity contribution in [3.05, 3.63) is 60.4 Å². The normalized spacial score (nSPS) is 10.8. The molecule has 1 aromatic heterocycles. The summed E-state index contributed by atoms with van der Waals surface area (Å²) in [5.41, 5.74) is 2.19. The Balaban J connectivity index is 1.67. The second kappa shape index (κ2) is 9.49. The van der Waals surface area contributed by atoms with E-state index in [1.54, 1.807) is 21.3 Å². The van der Waals surface area contributed by atoms with Gasteiger partial charge in [0.25, 0.3) is 5.91 Å². The number of methoxy groups -OCH3 is 3. The summed E-state index contributed by atoms with van der Waals surface area (Å²) in [6, 6.07) is 15.1. The zero-order chi connectivity index (χ0) is 22.5. The van der Waals surface area contributed by atoms with Gasteiger partial charge in [-0.1, -0.05) is 18.2 Å². The van der Waals surface area contributed by atoms with E-state index in [-0.39, 0.29) is 5.91 Å². The molecule has 0 bridgehead atoms. The average molecular weight is 432 g/mol. The fraction of sp³-hybridized carbons (Fsp3) is 0.208. The van der Waals surface area contributed by atoms with E-state index in [4.69, 9.17) is 14.2 Å². The number of fused-ring (bicyclic) bond motifs is 2. The van der Waals surface area contributed by atoms with Crippen molar-refractivity contribution >= 4 is 39.1 Å². The molecular formula is C24H24N4O4. The molecule has 0 unspecified atom stereocenters. The molecule has 3 aromatic carbocycles. The van der Waals surface area contributed by atoms with Crippen molar-refractivity contribution in [2.45, 2.75) is 0 Å². The van der Waals surface area contributed by atoms with Gasteiger partial charge in [-0.25, -0.2) is 9.97 Å². The summed E-state index contributed by atoms with van der Waals surface area (Å²) in [5.74, 6) is 1.71. The molecule has 1 amide bonds. The van der Waals surface area contributed by atoms with Crippen LogP contribution >= 0.6 is 0 Å². The van der Waals surface area contributed by atoms with Crippen LogP contribution < -0.4 is 20.1 Å². The van der Waals surface area contributed by atoms with Gasteiger partial charge in [0.1, 0.15) is 12.1 Å². The quantitative estimate of drug-likeness (QED) is 0.408. The maximum Gasteiger partial charge on any atom is 0.251 e. The summed E-state index contributed by atoms with van der Waals surface area (Å²) in [6.45, 7) is 0.925. The molecule has 0 aliphatic heterocycles. The van der Waals surface area contributed by atoms with Crippen molar-refractivity contribution in [1.82, 2.24) is 15.3 Å². The van der Waals surface area contributed by atoms with Crippen LogP contribution in [0.1, 0.15) is 10.4 Å². The van der Waals surface area contributed by atoms with Crippen LogP contribution in [-0.4, -0.2) is 50.4 Å². The molecule has 0 radical (unpaired) electrons. The lowest BCUT2D eigenvalue weighted by molar-refractivity contribution is 0.0938. The van der Waals surface area contributed by atoms with Crippen LogP contribution in [0, 0.1) is 0 Å². The Morgan fingerprint density at radius 2 is 1.75 bits per heavy atom. The number of anilines is 2. The second-order valence-corrected chi connectivity index (χ2v) is 7.06. The molecule has 0 fully saturated rings. The van der Waals surface area contributed by atoms with E-state index in [2.05, 4.69) is 20.6 Å². The van der Waals surface area contributed by atoms with Gasteiger partial charge in [0.05, 0.1) is 26.3 Å². The van der Waals surface area contributed by atoms with Gasteiger partial charge in [-0.3, -0.25) is 4.79 Å². The van der Waals surface area contributed by atoms with Gasteiger partial charge in [-0.2, -0.15) is 0 Å². The molecule has 8 heteroatoms. The Labute approximate surface area is 185 Å². The largest absolute Gasteiger partial charge is 0.493 e. The highest BCUT2D eigenvalue weighted by molar-refractivity contribution is 6.07. The van der Waals surface area contributed by atoms with Crippen LogP contribution in [0.2, 0.25) is 0 Å². The molecule has 1 heterocycles. The van der Waals surface area contributed by atoms with Gasteiger partial charge in [-0.15, -0.1) is 0 Å². The molecule has 0 spiro atoms. The first kappa shape index (κ1) is 21.3. The molecule has 0 aliphatic carbocycles. The summed E-state index contributed by atoms with van der Waals surface area (Å²) in [7, 11) is 4.78. The van der Waals surface area contributed by atoms with Crippen LogP contribution in [0.5, 0.6) is 11.5 Å². The Morgan fingerprint density at radius 3 is 2.53 bits per heavy atom. The molecule has 0 aliphatic rings. The summed E-state index contributed by atoms with van der Waals surface area (Å²) in [4.78, 5) is 21.3. The van der Waals surface area contributed by atoms with E-state index in [9.17, 15) is 4.79 Å². The fourth-order valence-electron chi connectivity index (χ4n) is 3.54. The van der Waals surface area contributed by atoms with Gasteiger partial charge >= 0.3 is 0 Å². The Bertz CT molecular complexity index is 1280. The minimum atomic E-state index is -0.129. The zero-order valence-corrected chi connectivity index (χ0v) is 18.1. The highest BCUT2D eigenvalue weighted by atomic mass is 16.5. The summed E-state index contributed by atoms with van der Waals surface area (Å²) in [5, 5.41) is 8.83. The van der Waals surface area contributed by atoms with Crippen molar-refractivity contribution in [3.8, 4) is 11.5 Å². The van der Waals surface area contributed by atoms with Crippen LogP contribution in [-0.2, 0) is 4.74 Å². The van der Waals surface area contributed by atoms with E-state index in [0.717, 1.165) is 27.4 Å². The molecule has 0 saturated carbocycles. The number of nitrogens with zero attached hydrogens (tertiary/aromatic N) is 2. The monoisotopic (exact) mass is 432 g/mol. The van der Waals surface area contributed by atoms with E-state index < -0.39 is 0 Å². The van der Waals surface area contributed by atoms with Crippen LogP contribution in [0.15, 0.2) is 54.9 Å². The minimum absolute atomic E-state index is 0.129. The topological polar surface area (TPSA) is 94.6 Å². The molecule has 0 atom stereocenters. The maximum atomic E-state index is 12.5. The highest BCUT2D eigenvalue weighted by Crippen LogP contribution is 2.34. The zero-order valence-electron chi connectivity index (χ0n) is 18.1. The SMILES string of the molecule is COCCNC(=O)c1cccc2cc(Nc3ncnc4cc(OC)c(OC)cc34)ccc12. The number of benzene rings is 3. The standard InChI is InChI=1S/C24H24N4O4/c1-30-10-9-25-24(29)18-6-4-5-15-11-16(7-8-17(15)18)28-23-19-12-21(31-2)22(32-3)13-20(19)26-14-27-23/h4-8,11-14H,9-10H2,1-3H3,(H,25,29)(H,26,27,28). The first-order valence-corrected chi connectivity index (χ1v) is 10.1. The third kappa shape index (κ3) is 4.26. The number of carbonyl (C=O) groups is 1. The molecule has 0 saturated heterocycles. The smallest absolute Gasteiger partial charge is 0.251 e. The Kier molecular flexibility index (Phi) is 6.32. The fourth-order valence-corrected chi connectivity index (χ4v) is 3.54. The summed E-state index contributed by atoms with van der Waals surface area (Å²) in [6.07, 6.45) is 1.50. The molecule has 164 valence electrons. The predicted molar refractivity (Wildman–Crippen MR) is 124 cm³/mol. The van der Waals surface area contributed by atoms with Crippen molar-refractivity contribution in [2.24, 2.45) is 0 Å². The van der Waals surface area contributed by atoms with Crippen molar-refractivity contribution < 1.29 is 19.0 Å². The van der Waals surface area contributed by atoms with Crippen LogP contribution in [0.3, 0.4) is 0 Å². The number of amides is 1. The third-order valence-corrected chi connectivity index (χ3v) is 5.12. The maximum absolute atomic E-state index is 12.5. The van der Waals surface area contributed by atoms with Gasteiger partial charge in [0.15, 0.2) is 11.5 Å². The number of hydrogen-bond acceptors (Lipinski definition) is 7. The van der Waals surface area contributed by atoms with Crippen molar-refractivity contribution in [2.75, 3.05) is 39.8 Å². The lowest BCUT2D eigenvalue weighted by Gasteiger charge is -2.13. The average Bonchev–Trinajstić information content (AvgIpc) is 2.83. The highest BCUT2D eigenvalue weighted by Gasteiger charge is 2.13. The molecule has 2 N–H and O–H groups in total. The molecule has 4 rings (SSSR count). The first-order chi connectivity index (χ1) is 15.6. The summed E-state index contributed by atoms with van der Waals surface area (Å²) < 4.78 is 15.8. The van der Waals surface area contributed by atoms with E-state index in [1.807, 2.05) is 48.5 Å². The van der Waals surface area contributed by atoms with Gasteiger partial charge in [-0.05, 0) is 35.0 Å². The molecule has 32 heavy (non-hydrogen) atoms. The molecular weight excluding hydrogens is 408 g/mol. The van der Waals surface area contributed by atoms with Crippen molar-refractivity contribution in [1.29, 1.82) is 0 Å². The first-order valence-electron chi connectivity index (χ1n) is 10.1. The lowest BCUT2D eigenvalue weighted by atomic mass is 10.0. The predicted octanol–water partition coefficient (Wildman–Crippen LogP) is 3.92. The van der Waals surface area contributed by atoms with Gasteiger partial charge in [0, 0.05) is 36.4 Å². The van der Waals surface area contributed by atoms with Crippen molar-refractivity contribution in [3.63, 3.8) is 0 Å². The number of rotatable bonds is 8. The van der Waals surface area contributed by atoms with Gasteiger partial charge < -0.3 is 24.8 Å². The third-order valence-electron chi connectivity index (χ3n) is 5.12. The summed E-state index contributed by atoms with van der Waals surface area (Å²) >= 11 is 0. The Morgan fingerprint density at radius 1 is 0.938 bits per heavy atom. The van der Waals surface area contributed by atoms with E-state index >= 15 is 0 Å². The lowest BCUT2D eigenvalue weighted by Crippen LogP contribution is -2.27. The number of aromatic nitrogens is 2. The second-order valence-electron chi connectivity index (χ2n) is 7.06. The molecule has 4 aromatic rings. The minimum Gasteiger partial charge on any atom is -0.493 e. The molecule has 8 nitrogen and oxygen atoms in total. The number of hydrogen-bond donors (Lipinski definition) is 2.